The topological polar surface area (TPSA) is 68.0 Å². The predicted octanol–water partition coefficient (Wildman–Crippen LogP) is 0.684. The average molecular weight is 236 g/mol. The molecule has 16 heavy (non-hydrogen) atoms. The Balaban J connectivity index is 1.75. The molecular formula is C9H12N6S. The van der Waals surface area contributed by atoms with Crippen molar-refractivity contribution >= 4 is 23.2 Å². The summed E-state index contributed by atoms with van der Waals surface area (Å²) < 4.78 is 1.68. The highest BCUT2D eigenvalue weighted by molar-refractivity contribution is 7.99. The summed E-state index contributed by atoms with van der Waals surface area (Å²) in [5.41, 5.74) is 0.672. The Labute approximate surface area is 96.8 Å². The summed E-state index contributed by atoms with van der Waals surface area (Å²) in [5, 5.41) is 14.7. The van der Waals surface area contributed by atoms with Gasteiger partial charge in [-0.1, -0.05) is 0 Å². The van der Waals surface area contributed by atoms with Gasteiger partial charge in [-0.3, -0.25) is 4.98 Å². The lowest BCUT2D eigenvalue weighted by molar-refractivity contribution is 0.628. The summed E-state index contributed by atoms with van der Waals surface area (Å²) in [4.78, 5) is 4.10. The molecule has 1 aliphatic heterocycles. The molecule has 2 aromatic heterocycles. The molecule has 3 heterocycles. The Bertz CT molecular complexity index is 478. The van der Waals surface area contributed by atoms with Gasteiger partial charge in [-0.25, -0.2) is 0 Å². The Kier molecular flexibility index (Phi) is 2.61. The van der Waals surface area contributed by atoms with Crippen molar-refractivity contribution in [2.24, 2.45) is 5.92 Å². The van der Waals surface area contributed by atoms with Crippen molar-refractivity contribution in [3.63, 3.8) is 0 Å². The van der Waals surface area contributed by atoms with Gasteiger partial charge in [0.05, 0.1) is 12.4 Å². The number of anilines is 1. The molecule has 1 fully saturated rings. The molecule has 0 aliphatic carbocycles. The van der Waals surface area contributed by atoms with Gasteiger partial charge in [-0.2, -0.15) is 16.3 Å². The smallest absolute Gasteiger partial charge is 0.199 e. The summed E-state index contributed by atoms with van der Waals surface area (Å²) in [5.74, 6) is 4.13. The lowest BCUT2D eigenvalue weighted by Crippen LogP contribution is -2.15. The highest BCUT2D eigenvalue weighted by Crippen LogP contribution is 2.23. The second kappa shape index (κ2) is 4.25. The van der Waals surface area contributed by atoms with E-state index in [1.54, 1.807) is 16.9 Å². The number of rotatable bonds is 3. The summed E-state index contributed by atoms with van der Waals surface area (Å²) in [7, 11) is 0. The second-order valence-electron chi connectivity index (χ2n) is 3.85. The van der Waals surface area contributed by atoms with Crippen molar-refractivity contribution < 1.29 is 0 Å². The summed E-state index contributed by atoms with van der Waals surface area (Å²) >= 11 is 2.02. The molecular weight excluding hydrogens is 224 g/mol. The van der Waals surface area contributed by atoms with Crippen LogP contribution in [0.4, 0.5) is 5.82 Å². The van der Waals surface area contributed by atoms with Crippen molar-refractivity contribution in [1.29, 1.82) is 0 Å². The van der Waals surface area contributed by atoms with E-state index < -0.39 is 0 Å². The molecule has 0 radical (unpaired) electrons. The number of nitrogens with one attached hydrogen (secondary N) is 1. The Morgan fingerprint density at radius 2 is 2.50 bits per heavy atom. The largest absolute Gasteiger partial charge is 0.368 e. The summed E-state index contributed by atoms with van der Waals surface area (Å²) in [6, 6.07) is 0. The molecule has 1 unspecified atom stereocenters. The first kappa shape index (κ1) is 9.83. The Morgan fingerprint density at radius 1 is 1.50 bits per heavy atom. The number of fused-ring (bicyclic) bond motifs is 1. The maximum atomic E-state index is 4.10. The van der Waals surface area contributed by atoms with Crippen LogP contribution in [-0.4, -0.2) is 43.1 Å². The second-order valence-corrected chi connectivity index (χ2v) is 5.00. The number of nitrogens with zero attached hydrogens (tertiary/aromatic N) is 5. The molecule has 1 N–H and O–H groups in total. The molecule has 6 nitrogen and oxygen atoms in total. The maximum absolute atomic E-state index is 4.10. The van der Waals surface area contributed by atoms with Crippen LogP contribution in [0.25, 0.3) is 5.65 Å². The van der Waals surface area contributed by atoms with Crippen molar-refractivity contribution in [1.82, 2.24) is 25.0 Å². The Morgan fingerprint density at radius 3 is 3.38 bits per heavy atom. The van der Waals surface area contributed by atoms with Crippen molar-refractivity contribution in [2.45, 2.75) is 6.42 Å². The first-order chi connectivity index (χ1) is 7.93. The van der Waals surface area contributed by atoms with Crippen LogP contribution in [0.5, 0.6) is 0 Å². The minimum Gasteiger partial charge on any atom is -0.368 e. The van der Waals surface area contributed by atoms with E-state index in [4.69, 9.17) is 0 Å². The van der Waals surface area contributed by atoms with Crippen LogP contribution < -0.4 is 5.32 Å². The zero-order valence-corrected chi connectivity index (χ0v) is 9.52. The van der Waals surface area contributed by atoms with Gasteiger partial charge in [-0.05, 0) is 34.3 Å². The number of aromatic nitrogens is 5. The van der Waals surface area contributed by atoms with Crippen molar-refractivity contribution in [2.75, 3.05) is 23.4 Å². The lowest BCUT2D eigenvalue weighted by atomic mass is 10.1. The molecule has 7 heteroatoms. The van der Waals surface area contributed by atoms with Crippen LogP contribution >= 0.6 is 11.8 Å². The van der Waals surface area contributed by atoms with E-state index in [2.05, 4.69) is 25.8 Å². The zero-order chi connectivity index (χ0) is 10.8. The molecule has 0 spiro atoms. The summed E-state index contributed by atoms with van der Waals surface area (Å²) in [6.07, 6.45) is 4.69. The van der Waals surface area contributed by atoms with E-state index in [1.165, 1.54) is 17.9 Å². The molecule has 0 amide bonds. The number of thioether (sulfide) groups is 1. The zero-order valence-electron chi connectivity index (χ0n) is 8.70. The van der Waals surface area contributed by atoms with E-state index in [-0.39, 0.29) is 0 Å². The molecule has 0 aromatic carbocycles. The van der Waals surface area contributed by atoms with E-state index >= 15 is 0 Å². The molecule has 1 aliphatic rings. The van der Waals surface area contributed by atoms with E-state index in [1.807, 2.05) is 11.8 Å². The van der Waals surface area contributed by atoms with Gasteiger partial charge in [-0.15, -0.1) is 5.10 Å². The van der Waals surface area contributed by atoms with Crippen LogP contribution in [0, 0.1) is 5.92 Å². The normalized spacial score (nSPS) is 20.4. The monoisotopic (exact) mass is 236 g/mol. The molecule has 0 saturated carbocycles. The fraction of sp³-hybridized carbons (Fsp3) is 0.556. The van der Waals surface area contributed by atoms with Gasteiger partial charge >= 0.3 is 0 Å². The molecule has 1 saturated heterocycles. The van der Waals surface area contributed by atoms with Crippen LogP contribution in [-0.2, 0) is 0 Å². The number of hydrogen-bond acceptors (Lipinski definition) is 6. The maximum Gasteiger partial charge on any atom is 0.199 e. The fourth-order valence-electron chi connectivity index (χ4n) is 1.79. The van der Waals surface area contributed by atoms with E-state index in [0.717, 1.165) is 18.3 Å². The predicted molar refractivity (Wildman–Crippen MR) is 62.5 cm³/mol. The molecule has 0 bridgehead atoms. The van der Waals surface area contributed by atoms with Gasteiger partial charge in [0, 0.05) is 6.54 Å². The fourth-order valence-corrected chi connectivity index (χ4v) is 3.07. The quantitative estimate of drug-likeness (QED) is 0.845. The molecule has 2 aromatic rings. The van der Waals surface area contributed by atoms with Crippen LogP contribution in [0.1, 0.15) is 6.42 Å². The third-order valence-electron chi connectivity index (χ3n) is 2.70. The number of tetrazole rings is 1. The van der Waals surface area contributed by atoms with Gasteiger partial charge in [0.15, 0.2) is 5.65 Å². The molecule has 1 atom stereocenters. The Hall–Kier alpha value is -1.37. The third kappa shape index (κ3) is 1.82. The number of hydrogen-bond donors (Lipinski definition) is 1. The van der Waals surface area contributed by atoms with Gasteiger partial charge in [0.2, 0.25) is 0 Å². The van der Waals surface area contributed by atoms with Crippen LogP contribution in [0.15, 0.2) is 12.4 Å². The van der Waals surface area contributed by atoms with Crippen LogP contribution in [0.3, 0.4) is 0 Å². The summed E-state index contributed by atoms with van der Waals surface area (Å²) in [6.45, 7) is 0.966. The van der Waals surface area contributed by atoms with Gasteiger partial charge in [0.1, 0.15) is 5.82 Å². The van der Waals surface area contributed by atoms with Gasteiger partial charge in [0.25, 0.3) is 0 Å². The first-order valence-corrected chi connectivity index (χ1v) is 6.42. The van der Waals surface area contributed by atoms with Crippen molar-refractivity contribution in [3.8, 4) is 0 Å². The van der Waals surface area contributed by atoms with Crippen molar-refractivity contribution in [3.05, 3.63) is 12.4 Å². The minimum atomic E-state index is 0.672. The highest BCUT2D eigenvalue weighted by Gasteiger charge is 2.15. The average Bonchev–Trinajstić information content (AvgIpc) is 2.97. The highest BCUT2D eigenvalue weighted by atomic mass is 32.2. The minimum absolute atomic E-state index is 0.672. The molecule has 84 valence electrons. The standard InChI is InChI=1S/C9H12N6S/c1-2-16-6-7(1)3-11-8-4-10-5-9-12-13-14-15(8)9/h4-5,7,11H,1-3,6H2. The van der Waals surface area contributed by atoms with Crippen LogP contribution in [0.2, 0.25) is 0 Å². The SMILES string of the molecule is c1ncc2nnnn2c1NCC1CCSC1. The first-order valence-electron chi connectivity index (χ1n) is 5.27. The molecule has 3 rings (SSSR count). The van der Waals surface area contributed by atoms with E-state index in [9.17, 15) is 0 Å². The van der Waals surface area contributed by atoms with E-state index in [0.29, 0.717) is 5.65 Å². The van der Waals surface area contributed by atoms with Gasteiger partial charge < -0.3 is 5.32 Å². The lowest BCUT2D eigenvalue weighted by Gasteiger charge is -2.10. The third-order valence-corrected chi connectivity index (χ3v) is 3.94.